The average Bonchev–Trinajstić information content (AvgIpc) is 3.13. The van der Waals surface area contributed by atoms with E-state index in [-0.39, 0.29) is 17.6 Å². The molecule has 6 nitrogen and oxygen atoms in total. The Kier molecular flexibility index (Phi) is 5.33. The van der Waals surface area contributed by atoms with Gasteiger partial charge in [-0.15, -0.1) is 0 Å². The summed E-state index contributed by atoms with van der Waals surface area (Å²) >= 11 is 0. The standard InChI is InChI=1S/C24H28N4O2/c1-16(2)24-25-22-14-19(17(3)29)8-9-23(22)28(24)21-7-5-6-20(15-21)27-12-10-26(11-13-27)18(4)30/h5-9,14-16H,10-13H2,1-4H3. The van der Waals surface area contributed by atoms with Crippen LogP contribution in [0.25, 0.3) is 16.7 Å². The summed E-state index contributed by atoms with van der Waals surface area (Å²) in [4.78, 5) is 32.5. The number of nitrogens with zero attached hydrogens (tertiary/aromatic N) is 4. The molecule has 2 aromatic carbocycles. The second-order valence-corrected chi connectivity index (χ2v) is 8.23. The van der Waals surface area contributed by atoms with Crippen LogP contribution in [0, 0.1) is 0 Å². The fourth-order valence-corrected chi connectivity index (χ4v) is 4.08. The predicted molar refractivity (Wildman–Crippen MR) is 120 cm³/mol. The van der Waals surface area contributed by atoms with Crippen LogP contribution >= 0.6 is 0 Å². The summed E-state index contributed by atoms with van der Waals surface area (Å²) in [6, 6.07) is 14.2. The van der Waals surface area contributed by atoms with E-state index in [1.165, 1.54) is 0 Å². The van der Waals surface area contributed by atoms with Crippen molar-refractivity contribution in [2.45, 2.75) is 33.6 Å². The maximum atomic E-state index is 11.8. The molecule has 1 aliphatic heterocycles. The Balaban J connectivity index is 1.74. The third kappa shape index (κ3) is 3.70. The fraction of sp³-hybridized carbons (Fsp3) is 0.375. The highest BCUT2D eigenvalue weighted by molar-refractivity contribution is 5.97. The van der Waals surface area contributed by atoms with Crippen molar-refractivity contribution in [2.75, 3.05) is 31.1 Å². The third-order valence-electron chi connectivity index (χ3n) is 5.78. The van der Waals surface area contributed by atoms with Gasteiger partial charge in [0.25, 0.3) is 0 Å². The molecule has 4 rings (SSSR count). The number of piperazine rings is 1. The van der Waals surface area contributed by atoms with Crippen molar-refractivity contribution >= 4 is 28.4 Å². The number of carbonyl (C=O) groups is 2. The number of amides is 1. The number of fused-ring (bicyclic) bond motifs is 1. The first kappa shape index (κ1) is 20.1. The van der Waals surface area contributed by atoms with Gasteiger partial charge in [-0.2, -0.15) is 0 Å². The maximum absolute atomic E-state index is 11.8. The van der Waals surface area contributed by atoms with E-state index in [9.17, 15) is 9.59 Å². The predicted octanol–water partition coefficient (Wildman–Crippen LogP) is 4.02. The molecule has 1 aliphatic rings. The molecular formula is C24H28N4O2. The van der Waals surface area contributed by atoms with E-state index in [4.69, 9.17) is 4.98 Å². The Morgan fingerprint density at radius 2 is 1.63 bits per heavy atom. The highest BCUT2D eigenvalue weighted by Crippen LogP contribution is 2.29. The first-order valence-electron chi connectivity index (χ1n) is 10.5. The van der Waals surface area contributed by atoms with Gasteiger partial charge < -0.3 is 9.80 Å². The van der Waals surface area contributed by atoms with Gasteiger partial charge in [0.1, 0.15) is 5.82 Å². The van der Waals surface area contributed by atoms with Crippen LogP contribution in [-0.4, -0.2) is 52.3 Å². The van der Waals surface area contributed by atoms with Gasteiger partial charge >= 0.3 is 0 Å². The lowest BCUT2D eigenvalue weighted by molar-refractivity contribution is -0.129. The Hall–Kier alpha value is -3.15. The fourth-order valence-electron chi connectivity index (χ4n) is 4.08. The van der Waals surface area contributed by atoms with Crippen molar-refractivity contribution in [3.8, 4) is 5.69 Å². The van der Waals surface area contributed by atoms with E-state index in [1.807, 2.05) is 23.1 Å². The summed E-state index contributed by atoms with van der Waals surface area (Å²) in [5, 5.41) is 0. The first-order valence-corrected chi connectivity index (χ1v) is 10.5. The normalized spacial score (nSPS) is 14.6. The minimum atomic E-state index is 0.0456. The Morgan fingerprint density at radius 1 is 0.933 bits per heavy atom. The molecule has 0 aliphatic carbocycles. The van der Waals surface area contributed by atoms with E-state index < -0.39 is 0 Å². The summed E-state index contributed by atoms with van der Waals surface area (Å²) in [6.07, 6.45) is 0. The number of imidazole rings is 1. The largest absolute Gasteiger partial charge is 0.368 e. The molecule has 30 heavy (non-hydrogen) atoms. The van der Waals surface area contributed by atoms with Gasteiger partial charge in [-0.05, 0) is 43.3 Å². The molecule has 1 fully saturated rings. The summed E-state index contributed by atoms with van der Waals surface area (Å²) < 4.78 is 2.19. The quantitative estimate of drug-likeness (QED) is 0.616. The van der Waals surface area contributed by atoms with Crippen molar-refractivity contribution in [3.63, 3.8) is 0 Å². The van der Waals surface area contributed by atoms with Gasteiger partial charge in [-0.3, -0.25) is 14.2 Å². The van der Waals surface area contributed by atoms with E-state index in [0.717, 1.165) is 54.4 Å². The molecule has 1 aromatic heterocycles. The van der Waals surface area contributed by atoms with Gasteiger partial charge in [0.05, 0.1) is 11.0 Å². The molecule has 0 radical (unpaired) electrons. The minimum Gasteiger partial charge on any atom is -0.368 e. The molecule has 0 N–H and O–H groups in total. The lowest BCUT2D eigenvalue weighted by atomic mass is 10.1. The molecule has 0 unspecified atom stereocenters. The van der Waals surface area contributed by atoms with Crippen LogP contribution in [0.2, 0.25) is 0 Å². The number of anilines is 1. The zero-order chi connectivity index (χ0) is 21.4. The molecule has 156 valence electrons. The van der Waals surface area contributed by atoms with Gasteiger partial charge in [0.15, 0.2) is 5.78 Å². The molecule has 0 bridgehead atoms. The second-order valence-electron chi connectivity index (χ2n) is 8.23. The van der Waals surface area contributed by atoms with Gasteiger partial charge in [0, 0.05) is 56.0 Å². The first-order chi connectivity index (χ1) is 14.3. The topological polar surface area (TPSA) is 58.4 Å². The monoisotopic (exact) mass is 404 g/mol. The lowest BCUT2D eigenvalue weighted by Crippen LogP contribution is -2.48. The summed E-state index contributed by atoms with van der Waals surface area (Å²) in [7, 11) is 0. The zero-order valence-corrected chi connectivity index (χ0v) is 18.1. The maximum Gasteiger partial charge on any atom is 0.219 e. The highest BCUT2D eigenvalue weighted by Gasteiger charge is 2.20. The molecule has 3 aromatic rings. The Labute approximate surface area is 177 Å². The van der Waals surface area contributed by atoms with Crippen LogP contribution in [-0.2, 0) is 4.79 Å². The Bertz CT molecular complexity index is 1110. The van der Waals surface area contributed by atoms with Crippen molar-refractivity contribution in [3.05, 3.63) is 53.9 Å². The van der Waals surface area contributed by atoms with Gasteiger partial charge in [-0.1, -0.05) is 19.9 Å². The van der Waals surface area contributed by atoms with Gasteiger partial charge in [0.2, 0.25) is 5.91 Å². The van der Waals surface area contributed by atoms with Crippen LogP contribution in [0.5, 0.6) is 0 Å². The molecular weight excluding hydrogens is 376 g/mol. The number of hydrogen-bond donors (Lipinski definition) is 0. The molecule has 6 heteroatoms. The second kappa shape index (κ2) is 7.94. The number of aromatic nitrogens is 2. The minimum absolute atomic E-state index is 0.0456. The highest BCUT2D eigenvalue weighted by atomic mass is 16.2. The average molecular weight is 405 g/mol. The number of Topliss-reactive ketones (excluding diaryl/α,β-unsaturated/α-hetero) is 1. The molecule has 0 atom stereocenters. The van der Waals surface area contributed by atoms with E-state index in [1.54, 1.807) is 13.8 Å². The van der Waals surface area contributed by atoms with Crippen LogP contribution in [0.15, 0.2) is 42.5 Å². The summed E-state index contributed by atoms with van der Waals surface area (Å²) in [5.74, 6) is 1.40. The van der Waals surface area contributed by atoms with E-state index in [2.05, 4.69) is 47.6 Å². The number of benzene rings is 2. The number of carbonyl (C=O) groups excluding carboxylic acids is 2. The van der Waals surface area contributed by atoms with Crippen molar-refractivity contribution in [1.29, 1.82) is 0 Å². The smallest absolute Gasteiger partial charge is 0.219 e. The lowest BCUT2D eigenvalue weighted by Gasteiger charge is -2.35. The zero-order valence-electron chi connectivity index (χ0n) is 18.1. The molecule has 2 heterocycles. The SMILES string of the molecule is CC(=O)c1ccc2c(c1)nc(C(C)C)n2-c1cccc(N2CCN(C(C)=O)CC2)c1. The van der Waals surface area contributed by atoms with Crippen LogP contribution in [0.1, 0.15) is 49.8 Å². The molecule has 1 saturated heterocycles. The van der Waals surface area contributed by atoms with E-state index >= 15 is 0 Å². The number of ketones is 1. The summed E-state index contributed by atoms with van der Waals surface area (Å²) in [6.45, 7) is 10.6. The third-order valence-corrected chi connectivity index (χ3v) is 5.78. The van der Waals surface area contributed by atoms with E-state index in [0.29, 0.717) is 5.56 Å². The number of rotatable bonds is 4. The van der Waals surface area contributed by atoms with Gasteiger partial charge in [-0.25, -0.2) is 4.98 Å². The molecule has 1 amide bonds. The molecule has 0 saturated carbocycles. The van der Waals surface area contributed by atoms with Crippen LogP contribution in [0.4, 0.5) is 5.69 Å². The van der Waals surface area contributed by atoms with Crippen LogP contribution in [0.3, 0.4) is 0 Å². The Morgan fingerprint density at radius 3 is 2.27 bits per heavy atom. The van der Waals surface area contributed by atoms with Crippen molar-refractivity contribution < 1.29 is 9.59 Å². The van der Waals surface area contributed by atoms with Crippen molar-refractivity contribution in [1.82, 2.24) is 14.5 Å². The summed E-state index contributed by atoms with van der Waals surface area (Å²) in [5.41, 5.74) is 4.73. The molecule has 0 spiro atoms. The van der Waals surface area contributed by atoms with Crippen LogP contribution < -0.4 is 4.90 Å². The van der Waals surface area contributed by atoms with Crippen molar-refractivity contribution in [2.24, 2.45) is 0 Å². The number of hydrogen-bond acceptors (Lipinski definition) is 4.